The molecule has 26 heavy (non-hydrogen) atoms. The highest BCUT2D eigenvalue weighted by molar-refractivity contribution is 5.94. The van der Waals surface area contributed by atoms with Gasteiger partial charge in [0.15, 0.2) is 6.61 Å². The van der Waals surface area contributed by atoms with Crippen LogP contribution in [0.2, 0.25) is 0 Å². The SMILES string of the molecule is Cc1ccc(OCCNC(=O)c2cc(C)c(OCC(=O)O)c(C)c2)cc1. The topological polar surface area (TPSA) is 84.9 Å². The summed E-state index contributed by atoms with van der Waals surface area (Å²) < 4.78 is 10.8. The fourth-order valence-corrected chi connectivity index (χ4v) is 2.51. The predicted molar refractivity (Wildman–Crippen MR) is 98.1 cm³/mol. The first kappa shape index (κ1) is 19.3. The van der Waals surface area contributed by atoms with Crippen LogP contribution in [0, 0.1) is 20.8 Å². The van der Waals surface area contributed by atoms with E-state index in [4.69, 9.17) is 14.6 Å². The summed E-state index contributed by atoms with van der Waals surface area (Å²) in [4.78, 5) is 22.9. The molecule has 0 aliphatic carbocycles. The number of nitrogens with one attached hydrogen (secondary N) is 1. The highest BCUT2D eigenvalue weighted by Gasteiger charge is 2.12. The van der Waals surface area contributed by atoms with E-state index in [2.05, 4.69) is 5.32 Å². The third-order valence-corrected chi connectivity index (χ3v) is 3.74. The van der Waals surface area contributed by atoms with E-state index in [0.717, 1.165) is 11.3 Å². The summed E-state index contributed by atoms with van der Waals surface area (Å²) >= 11 is 0. The molecule has 138 valence electrons. The van der Waals surface area contributed by atoms with Crippen molar-refractivity contribution in [2.24, 2.45) is 0 Å². The molecule has 0 bridgehead atoms. The number of hydrogen-bond acceptors (Lipinski definition) is 4. The molecular formula is C20H23NO5. The van der Waals surface area contributed by atoms with Crippen LogP contribution in [0.1, 0.15) is 27.0 Å². The maximum absolute atomic E-state index is 12.3. The minimum absolute atomic E-state index is 0.214. The van der Waals surface area contributed by atoms with E-state index in [-0.39, 0.29) is 5.91 Å². The second-order valence-corrected chi connectivity index (χ2v) is 6.04. The molecule has 6 nitrogen and oxygen atoms in total. The van der Waals surface area contributed by atoms with Crippen LogP contribution < -0.4 is 14.8 Å². The van der Waals surface area contributed by atoms with Gasteiger partial charge in [0, 0.05) is 5.56 Å². The van der Waals surface area contributed by atoms with Crippen molar-refractivity contribution >= 4 is 11.9 Å². The number of carbonyl (C=O) groups is 2. The fraction of sp³-hybridized carbons (Fsp3) is 0.300. The number of ether oxygens (including phenoxy) is 2. The Morgan fingerprint density at radius 2 is 1.62 bits per heavy atom. The van der Waals surface area contributed by atoms with E-state index in [1.54, 1.807) is 26.0 Å². The molecule has 2 rings (SSSR count). The first-order chi connectivity index (χ1) is 12.4. The summed E-state index contributed by atoms with van der Waals surface area (Å²) in [6.07, 6.45) is 0. The fourth-order valence-electron chi connectivity index (χ4n) is 2.51. The maximum atomic E-state index is 12.3. The lowest BCUT2D eigenvalue weighted by Crippen LogP contribution is -2.28. The van der Waals surface area contributed by atoms with Gasteiger partial charge in [0.1, 0.15) is 18.1 Å². The van der Waals surface area contributed by atoms with Gasteiger partial charge in [0.05, 0.1) is 6.54 Å². The van der Waals surface area contributed by atoms with Crippen molar-refractivity contribution in [3.63, 3.8) is 0 Å². The number of aryl methyl sites for hydroxylation is 3. The van der Waals surface area contributed by atoms with Gasteiger partial charge >= 0.3 is 5.97 Å². The molecule has 2 N–H and O–H groups in total. The summed E-state index contributed by atoms with van der Waals surface area (Å²) in [5, 5.41) is 11.5. The van der Waals surface area contributed by atoms with Crippen molar-refractivity contribution in [1.29, 1.82) is 0 Å². The molecule has 0 heterocycles. The number of amides is 1. The molecule has 0 unspecified atom stereocenters. The molecule has 0 spiro atoms. The standard InChI is InChI=1S/C20H23NO5/c1-13-4-6-17(7-5-13)25-9-8-21-20(24)16-10-14(2)19(15(3)11-16)26-12-18(22)23/h4-7,10-11H,8-9,12H2,1-3H3,(H,21,24)(H,22,23). The largest absolute Gasteiger partial charge is 0.492 e. The van der Waals surface area contributed by atoms with Crippen LogP contribution in [-0.4, -0.2) is 36.7 Å². The number of carbonyl (C=O) groups excluding carboxylic acids is 1. The Balaban J connectivity index is 1.88. The zero-order valence-corrected chi connectivity index (χ0v) is 15.2. The first-order valence-electron chi connectivity index (χ1n) is 8.30. The van der Waals surface area contributed by atoms with Crippen LogP contribution in [0.25, 0.3) is 0 Å². The Labute approximate surface area is 152 Å². The molecule has 1 amide bonds. The number of carboxylic acid groups (broad SMARTS) is 1. The number of benzene rings is 2. The summed E-state index contributed by atoms with van der Waals surface area (Å²) in [5.74, 6) is -0.00388. The van der Waals surface area contributed by atoms with Crippen LogP contribution in [0.5, 0.6) is 11.5 Å². The Morgan fingerprint density at radius 3 is 2.19 bits per heavy atom. The second kappa shape index (κ2) is 8.89. The van der Waals surface area contributed by atoms with Gasteiger partial charge in [-0.1, -0.05) is 17.7 Å². The molecular weight excluding hydrogens is 334 g/mol. The van der Waals surface area contributed by atoms with E-state index >= 15 is 0 Å². The van der Waals surface area contributed by atoms with Crippen molar-refractivity contribution in [3.8, 4) is 11.5 Å². The van der Waals surface area contributed by atoms with Crippen LogP contribution in [0.4, 0.5) is 0 Å². The maximum Gasteiger partial charge on any atom is 0.341 e. The summed E-state index contributed by atoms with van der Waals surface area (Å²) in [5.41, 5.74) is 3.09. The Hall–Kier alpha value is -3.02. The third-order valence-electron chi connectivity index (χ3n) is 3.74. The van der Waals surface area contributed by atoms with E-state index < -0.39 is 12.6 Å². The average molecular weight is 357 g/mol. The Bertz CT molecular complexity index is 760. The highest BCUT2D eigenvalue weighted by Crippen LogP contribution is 2.24. The molecule has 6 heteroatoms. The minimum Gasteiger partial charge on any atom is -0.492 e. The monoisotopic (exact) mass is 357 g/mol. The highest BCUT2D eigenvalue weighted by atomic mass is 16.5. The number of hydrogen-bond donors (Lipinski definition) is 2. The van der Waals surface area contributed by atoms with Gasteiger partial charge in [0.25, 0.3) is 5.91 Å². The van der Waals surface area contributed by atoms with Crippen molar-refractivity contribution in [1.82, 2.24) is 5.32 Å². The lowest BCUT2D eigenvalue weighted by molar-refractivity contribution is -0.139. The lowest BCUT2D eigenvalue weighted by atomic mass is 10.1. The summed E-state index contributed by atoms with van der Waals surface area (Å²) in [6.45, 7) is 5.90. The zero-order valence-electron chi connectivity index (χ0n) is 15.2. The molecule has 0 radical (unpaired) electrons. The van der Waals surface area contributed by atoms with Crippen LogP contribution in [-0.2, 0) is 4.79 Å². The molecule has 0 saturated heterocycles. The van der Waals surface area contributed by atoms with Crippen molar-refractivity contribution in [2.45, 2.75) is 20.8 Å². The van der Waals surface area contributed by atoms with E-state index in [1.165, 1.54) is 0 Å². The smallest absolute Gasteiger partial charge is 0.341 e. The average Bonchev–Trinajstić information content (AvgIpc) is 2.59. The van der Waals surface area contributed by atoms with Gasteiger partial charge in [0.2, 0.25) is 0 Å². The molecule has 2 aromatic carbocycles. The Kier molecular flexibility index (Phi) is 6.60. The predicted octanol–water partition coefficient (Wildman–Crippen LogP) is 2.88. The number of carboxylic acids is 1. The normalized spacial score (nSPS) is 10.3. The van der Waals surface area contributed by atoms with Gasteiger partial charge in [-0.05, 0) is 56.2 Å². The summed E-state index contributed by atoms with van der Waals surface area (Å²) in [7, 11) is 0. The van der Waals surface area contributed by atoms with Gasteiger partial charge in [-0.2, -0.15) is 0 Å². The Morgan fingerprint density at radius 1 is 1.00 bits per heavy atom. The first-order valence-corrected chi connectivity index (χ1v) is 8.30. The van der Waals surface area contributed by atoms with Crippen LogP contribution >= 0.6 is 0 Å². The minimum atomic E-state index is -1.04. The molecule has 2 aromatic rings. The van der Waals surface area contributed by atoms with Gasteiger partial charge in [-0.3, -0.25) is 4.79 Å². The van der Waals surface area contributed by atoms with Gasteiger partial charge < -0.3 is 19.9 Å². The van der Waals surface area contributed by atoms with Crippen LogP contribution in [0.15, 0.2) is 36.4 Å². The zero-order chi connectivity index (χ0) is 19.1. The molecule has 0 saturated carbocycles. The quantitative estimate of drug-likeness (QED) is 0.710. The second-order valence-electron chi connectivity index (χ2n) is 6.04. The third kappa shape index (κ3) is 5.51. The van der Waals surface area contributed by atoms with Gasteiger partial charge in [-0.25, -0.2) is 4.79 Å². The van der Waals surface area contributed by atoms with Crippen LogP contribution in [0.3, 0.4) is 0 Å². The van der Waals surface area contributed by atoms with E-state index in [9.17, 15) is 9.59 Å². The molecule has 0 aliphatic heterocycles. The molecule has 0 aromatic heterocycles. The van der Waals surface area contributed by atoms with Crippen molar-refractivity contribution in [2.75, 3.05) is 19.8 Å². The van der Waals surface area contributed by atoms with Crippen molar-refractivity contribution < 1.29 is 24.2 Å². The molecule has 0 fully saturated rings. The molecule has 0 aliphatic rings. The van der Waals surface area contributed by atoms with Crippen molar-refractivity contribution in [3.05, 3.63) is 58.7 Å². The van der Waals surface area contributed by atoms with E-state index in [0.29, 0.717) is 35.6 Å². The van der Waals surface area contributed by atoms with E-state index in [1.807, 2.05) is 31.2 Å². The number of rotatable bonds is 8. The lowest BCUT2D eigenvalue weighted by Gasteiger charge is -2.13. The van der Waals surface area contributed by atoms with Gasteiger partial charge in [-0.15, -0.1) is 0 Å². The summed E-state index contributed by atoms with van der Waals surface area (Å²) in [6, 6.07) is 11.1. The number of aliphatic carboxylic acids is 1. The molecule has 0 atom stereocenters.